The van der Waals surface area contributed by atoms with Crippen LogP contribution < -0.4 is 4.90 Å². The summed E-state index contributed by atoms with van der Waals surface area (Å²) in [7, 11) is 0. The number of para-hydroxylation sites is 1. The fourth-order valence-corrected chi connectivity index (χ4v) is 3.39. The van der Waals surface area contributed by atoms with Crippen molar-refractivity contribution in [1.82, 2.24) is 20.2 Å². The monoisotopic (exact) mass is 303 g/mol. The summed E-state index contributed by atoms with van der Waals surface area (Å²) < 4.78 is 1.70. The zero-order chi connectivity index (χ0) is 14.8. The lowest BCUT2D eigenvalue weighted by atomic mass is 10.2. The average molecular weight is 303 g/mol. The zero-order valence-corrected chi connectivity index (χ0v) is 12.9. The number of tetrazole rings is 1. The Balaban J connectivity index is 1.74. The van der Waals surface area contributed by atoms with E-state index in [2.05, 4.69) is 21.6 Å². The largest absolute Gasteiger partial charge is 0.311 e. The maximum Gasteiger partial charge on any atom is 0.240 e. The Hall–Kier alpha value is -1.89. The van der Waals surface area contributed by atoms with E-state index in [1.807, 2.05) is 36.9 Å². The molecule has 6 nitrogen and oxygen atoms in total. The standard InChI is InChI=1S/C14H17N5OS/c1-3-19-14(15-16-17-19)21-10(2)13(20)18-9-8-11-6-4-5-7-12(11)18/h4-7,10H,3,8-9H2,1-2H3/t10-/m1/s1. The quantitative estimate of drug-likeness (QED) is 0.805. The van der Waals surface area contributed by atoms with Crippen molar-refractivity contribution in [3.63, 3.8) is 0 Å². The van der Waals surface area contributed by atoms with Crippen molar-refractivity contribution < 1.29 is 4.79 Å². The smallest absolute Gasteiger partial charge is 0.240 e. The second kappa shape index (κ2) is 5.85. The van der Waals surface area contributed by atoms with E-state index in [0.717, 1.165) is 18.7 Å². The minimum Gasteiger partial charge on any atom is -0.311 e. The topological polar surface area (TPSA) is 63.9 Å². The van der Waals surface area contributed by atoms with E-state index in [1.165, 1.54) is 17.3 Å². The lowest BCUT2D eigenvalue weighted by molar-refractivity contribution is -0.117. The Morgan fingerprint density at radius 2 is 2.24 bits per heavy atom. The van der Waals surface area contributed by atoms with Crippen molar-refractivity contribution in [2.75, 3.05) is 11.4 Å². The highest BCUT2D eigenvalue weighted by Gasteiger charge is 2.29. The summed E-state index contributed by atoms with van der Waals surface area (Å²) >= 11 is 1.41. The third-order valence-electron chi connectivity index (χ3n) is 3.58. The lowest BCUT2D eigenvalue weighted by Crippen LogP contribution is -2.35. The van der Waals surface area contributed by atoms with Gasteiger partial charge < -0.3 is 4.90 Å². The third kappa shape index (κ3) is 2.65. The Kier molecular flexibility index (Phi) is 3.92. The molecule has 1 aromatic heterocycles. The van der Waals surface area contributed by atoms with Gasteiger partial charge in [0.25, 0.3) is 0 Å². The molecule has 2 heterocycles. The lowest BCUT2D eigenvalue weighted by Gasteiger charge is -2.20. The number of rotatable bonds is 4. The highest BCUT2D eigenvalue weighted by molar-refractivity contribution is 8.00. The van der Waals surface area contributed by atoms with Gasteiger partial charge in [-0.05, 0) is 42.3 Å². The summed E-state index contributed by atoms with van der Waals surface area (Å²) in [6.07, 6.45) is 0.923. The van der Waals surface area contributed by atoms with Gasteiger partial charge in [0.05, 0.1) is 5.25 Å². The van der Waals surface area contributed by atoms with Crippen LogP contribution in [0.15, 0.2) is 29.4 Å². The van der Waals surface area contributed by atoms with Crippen molar-refractivity contribution >= 4 is 23.4 Å². The van der Waals surface area contributed by atoms with Crippen LogP contribution in [0.3, 0.4) is 0 Å². The Morgan fingerprint density at radius 1 is 1.43 bits per heavy atom. The molecule has 1 amide bonds. The van der Waals surface area contributed by atoms with Crippen LogP contribution in [0, 0.1) is 0 Å². The summed E-state index contributed by atoms with van der Waals surface area (Å²) in [6, 6.07) is 8.08. The van der Waals surface area contributed by atoms with Crippen LogP contribution in [-0.4, -0.2) is 37.9 Å². The SMILES string of the molecule is CCn1nnnc1S[C@H](C)C(=O)N1CCc2ccccc21. The van der Waals surface area contributed by atoms with Crippen molar-refractivity contribution in [3.8, 4) is 0 Å². The molecular weight excluding hydrogens is 286 g/mol. The Bertz CT molecular complexity index is 656. The number of thioether (sulfide) groups is 1. The van der Waals surface area contributed by atoms with E-state index < -0.39 is 0 Å². The number of carbonyl (C=O) groups excluding carboxylic acids is 1. The predicted molar refractivity (Wildman–Crippen MR) is 81.3 cm³/mol. The van der Waals surface area contributed by atoms with E-state index in [4.69, 9.17) is 0 Å². The minimum atomic E-state index is -0.215. The van der Waals surface area contributed by atoms with Crippen LogP contribution in [0.4, 0.5) is 5.69 Å². The molecule has 1 aromatic carbocycles. The summed E-state index contributed by atoms with van der Waals surface area (Å²) in [5.41, 5.74) is 2.27. The van der Waals surface area contributed by atoms with Crippen LogP contribution in [-0.2, 0) is 17.8 Å². The molecule has 1 atom stereocenters. The molecule has 0 saturated carbocycles. The molecule has 0 N–H and O–H groups in total. The number of anilines is 1. The van der Waals surface area contributed by atoms with Crippen molar-refractivity contribution in [2.45, 2.75) is 37.2 Å². The van der Waals surface area contributed by atoms with Gasteiger partial charge in [-0.25, -0.2) is 4.68 Å². The van der Waals surface area contributed by atoms with Gasteiger partial charge in [0.2, 0.25) is 11.1 Å². The number of nitrogens with zero attached hydrogens (tertiary/aromatic N) is 5. The van der Waals surface area contributed by atoms with Gasteiger partial charge in [0.15, 0.2) is 0 Å². The first-order valence-electron chi connectivity index (χ1n) is 7.02. The second-order valence-corrected chi connectivity index (χ2v) is 6.21. The number of carbonyl (C=O) groups is 1. The van der Waals surface area contributed by atoms with Gasteiger partial charge in [-0.3, -0.25) is 4.79 Å². The molecular formula is C14H17N5OS. The van der Waals surface area contributed by atoms with E-state index in [1.54, 1.807) is 4.68 Å². The second-order valence-electron chi connectivity index (χ2n) is 4.91. The summed E-state index contributed by atoms with van der Waals surface area (Å²) in [4.78, 5) is 14.5. The van der Waals surface area contributed by atoms with Crippen molar-refractivity contribution in [2.24, 2.45) is 0 Å². The first kappa shape index (κ1) is 14.1. The average Bonchev–Trinajstić information content (AvgIpc) is 3.12. The molecule has 110 valence electrons. The molecule has 0 spiro atoms. The molecule has 3 rings (SSSR count). The van der Waals surface area contributed by atoms with Gasteiger partial charge in [-0.2, -0.15) is 0 Å². The molecule has 21 heavy (non-hydrogen) atoms. The third-order valence-corrected chi connectivity index (χ3v) is 4.64. The highest BCUT2D eigenvalue weighted by Crippen LogP contribution is 2.30. The van der Waals surface area contributed by atoms with E-state index in [-0.39, 0.29) is 11.2 Å². The van der Waals surface area contributed by atoms with Crippen LogP contribution in [0.5, 0.6) is 0 Å². The van der Waals surface area contributed by atoms with Crippen LogP contribution in [0.25, 0.3) is 0 Å². The molecule has 1 aliphatic heterocycles. The van der Waals surface area contributed by atoms with Crippen LogP contribution >= 0.6 is 11.8 Å². The summed E-state index contributed by atoms with van der Waals surface area (Å²) in [5.74, 6) is 0.107. The Labute approximate surface area is 127 Å². The van der Waals surface area contributed by atoms with Gasteiger partial charge in [-0.15, -0.1) is 5.10 Å². The summed E-state index contributed by atoms with van der Waals surface area (Å²) in [5, 5.41) is 12.0. The number of amides is 1. The predicted octanol–water partition coefficient (Wildman–Crippen LogP) is 1.76. The molecule has 2 aromatic rings. The maximum atomic E-state index is 12.7. The molecule has 0 bridgehead atoms. The molecule has 0 unspecified atom stereocenters. The van der Waals surface area contributed by atoms with E-state index in [0.29, 0.717) is 11.7 Å². The number of hydrogen-bond acceptors (Lipinski definition) is 5. The zero-order valence-electron chi connectivity index (χ0n) is 12.1. The van der Waals surface area contributed by atoms with E-state index >= 15 is 0 Å². The normalized spacial score (nSPS) is 15.0. The maximum absolute atomic E-state index is 12.7. The van der Waals surface area contributed by atoms with E-state index in [9.17, 15) is 4.79 Å². The number of fused-ring (bicyclic) bond motifs is 1. The fraction of sp³-hybridized carbons (Fsp3) is 0.429. The van der Waals surface area contributed by atoms with Crippen LogP contribution in [0.1, 0.15) is 19.4 Å². The highest BCUT2D eigenvalue weighted by atomic mass is 32.2. The molecule has 7 heteroatoms. The molecule has 0 saturated heterocycles. The fourth-order valence-electron chi connectivity index (χ4n) is 2.47. The van der Waals surface area contributed by atoms with Crippen molar-refractivity contribution in [3.05, 3.63) is 29.8 Å². The number of aromatic nitrogens is 4. The van der Waals surface area contributed by atoms with Gasteiger partial charge in [-0.1, -0.05) is 30.0 Å². The van der Waals surface area contributed by atoms with Crippen LogP contribution in [0.2, 0.25) is 0 Å². The van der Waals surface area contributed by atoms with Gasteiger partial charge >= 0.3 is 0 Å². The molecule has 0 radical (unpaired) electrons. The van der Waals surface area contributed by atoms with Gasteiger partial charge in [0.1, 0.15) is 0 Å². The molecule has 1 aliphatic rings. The first-order chi connectivity index (χ1) is 10.2. The number of aryl methyl sites for hydroxylation is 1. The van der Waals surface area contributed by atoms with Gasteiger partial charge in [0, 0.05) is 18.8 Å². The minimum absolute atomic E-state index is 0.107. The Morgan fingerprint density at radius 3 is 3.05 bits per heavy atom. The molecule has 0 aliphatic carbocycles. The van der Waals surface area contributed by atoms with Crippen molar-refractivity contribution in [1.29, 1.82) is 0 Å². The molecule has 0 fully saturated rings. The number of hydrogen-bond donors (Lipinski definition) is 0. The first-order valence-corrected chi connectivity index (χ1v) is 7.90. The summed E-state index contributed by atoms with van der Waals surface area (Å²) in [6.45, 7) is 5.33. The number of benzene rings is 1.